The van der Waals surface area contributed by atoms with Gasteiger partial charge >= 0.3 is 12.1 Å². The van der Waals surface area contributed by atoms with E-state index in [-0.39, 0.29) is 12.1 Å². The van der Waals surface area contributed by atoms with E-state index < -0.39 is 65.8 Å². The lowest BCUT2D eigenvalue weighted by Gasteiger charge is -2.48. The number of allylic oxidation sites excluding steroid dienone is 1. The van der Waals surface area contributed by atoms with Crippen LogP contribution < -0.4 is 5.32 Å². The van der Waals surface area contributed by atoms with Gasteiger partial charge in [0.1, 0.15) is 11.7 Å². The topological polar surface area (TPSA) is 125 Å². The molecule has 11 nitrogen and oxygen atoms in total. The molecule has 4 rings (SSSR count). The monoisotopic (exact) mass is 660 g/mol. The number of ether oxygens (including phenoxy) is 6. The molecule has 0 aromatic heterocycles. The number of benzene rings is 1. The minimum atomic E-state index is -1.15. The fourth-order valence-corrected chi connectivity index (χ4v) is 7.37. The molecule has 1 aromatic rings. The molecule has 0 saturated carbocycles. The van der Waals surface area contributed by atoms with Crippen LogP contribution in [0.25, 0.3) is 0 Å². The third kappa shape index (κ3) is 8.31. The number of nitrogens with zero attached hydrogens (tertiary/aromatic N) is 1. The second-order valence-electron chi connectivity index (χ2n) is 14.3. The van der Waals surface area contributed by atoms with Gasteiger partial charge in [-0.15, -0.1) is 0 Å². The summed E-state index contributed by atoms with van der Waals surface area (Å²) in [4.78, 5) is 28.7. The fourth-order valence-electron chi connectivity index (χ4n) is 7.37. The highest BCUT2D eigenvalue weighted by Crippen LogP contribution is 2.43. The van der Waals surface area contributed by atoms with Crippen LogP contribution in [0.2, 0.25) is 0 Å². The number of hydrogen-bond donors (Lipinski definition) is 2. The zero-order chi connectivity index (χ0) is 34.7. The van der Waals surface area contributed by atoms with Crippen LogP contribution in [0.3, 0.4) is 0 Å². The number of esters is 1. The average molecular weight is 661 g/mol. The minimum Gasteiger partial charge on any atom is -0.488 e. The molecule has 1 unspecified atom stereocenters. The van der Waals surface area contributed by atoms with E-state index in [2.05, 4.69) is 5.32 Å². The highest BCUT2D eigenvalue weighted by molar-refractivity contribution is 5.84. The van der Waals surface area contributed by atoms with Crippen molar-refractivity contribution in [2.24, 2.45) is 11.8 Å². The van der Waals surface area contributed by atoms with Crippen molar-refractivity contribution in [2.75, 3.05) is 26.5 Å². The predicted octanol–water partition coefficient (Wildman–Crippen LogP) is 5.66. The number of cyclic esters (lactones) is 1. The van der Waals surface area contributed by atoms with Crippen molar-refractivity contribution in [3.63, 3.8) is 0 Å². The summed E-state index contributed by atoms with van der Waals surface area (Å²) in [5.74, 6) is -1.15. The molecule has 2 fully saturated rings. The maximum Gasteiger partial charge on any atom is 0.412 e. The molecule has 1 amide bonds. The molecule has 3 aliphatic rings. The van der Waals surface area contributed by atoms with Gasteiger partial charge in [0.05, 0.1) is 41.6 Å². The van der Waals surface area contributed by atoms with Gasteiger partial charge in [-0.3, -0.25) is 10.1 Å². The Bertz CT molecular complexity index is 1260. The van der Waals surface area contributed by atoms with E-state index in [9.17, 15) is 14.7 Å². The van der Waals surface area contributed by atoms with Crippen LogP contribution in [0.4, 0.5) is 10.5 Å². The van der Waals surface area contributed by atoms with Crippen LogP contribution in [-0.2, 0) is 33.2 Å². The number of carbonyl (C=O) groups excluding carboxylic acids is 2. The Hall–Kier alpha value is -2.70. The van der Waals surface area contributed by atoms with Gasteiger partial charge < -0.3 is 38.4 Å². The van der Waals surface area contributed by atoms with Crippen molar-refractivity contribution in [3.8, 4) is 0 Å². The quantitative estimate of drug-likeness (QED) is 0.354. The van der Waals surface area contributed by atoms with Crippen LogP contribution >= 0.6 is 0 Å². The second kappa shape index (κ2) is 15.2. The molecule has 0 aliphatic carbocycles. The largest absolute Gasteiger partial charge is 0.488 e. The number of likely N-dealkylation sites (N-methyl/N-ethyl adjacent to an activating group) is 1. The second-order valence-corrected chi connectivity index (χ2v) is 14.3. The molecular formula is C36H56N2O9. The normalized spacial score (nSPS) is 40.0. The predicted molar refractivity (Wildman–Crippen MR) is 178 cm³/mol. The number of carbonyl (C=O) groups is 2. The highest BCUT2D eigenvalue weighted by atomic mass is 16.7. The molecule has 3 heterocycles. The first-order valence-electron chi connectivity index (χ1n) is 16.9. The van der Waals surface area contributed by atoms with E-state index in [0.29, 0.717) is 37.8 Å². The zero-order valence-corrected chi connectivity index (χ0v) is 29.8. The van der Waals surface area contributed by atoms with Crippen molar-refractivity contribution in [1.29, 1.82) is 0 Å². The molecule has 3 aliphatic heterocycles. The number of methoxy groups -OCH3 is 1. The molecule has 0 radical (unpaired) electrons. The van der Waals surface area contributed by atoms with Crippen LogP contribution in [0, 0.1) is 11.8 Å². The number of amides is 1. The first kappa shape index (κ1) is 37.1. The molecule has 264 valence electrons. The lowest BCUT2D eigenvalue weighted by molar-refractivity contribution is -0.298. The maximum absolute atomic E-state index is 13.5. The van der Waals surface area contributed by atoms with Crippen molar-refractivity contribution < 1.29 is 43.1 Å². The maximum atomic E-state index is 13.5. The Labute approximate surface area is 280 Å². The molecule has 2 N–H and O–H groups in total. The highest BCUT2D eigenvalue weighted by Gasteiger charge is 2.51. The van der Waals surface area contributed by atoms with Crippen LogP contribution in [0.1, 0.15) is 80.6 Å². The Morgan fingerprint density at radius 1 is 1.15 bits per heavy atom. The van der Waals surface area contributed by atoms with E-state index in [0.717, 1.165) is 11.3 Å². The minimum absolute atomic E-state index is 0.221. The molecular weight excluding hydrogens is 604 g/mol. The van der Waals surface area contributed by atoms with Gasteiger partial charge in [0, 0.05) is 31.6 Å². The van der Waals surface area contributed by atoms with E-state index >= 15 is 0 Å². The number of anilines is 1. The summed E-state index contributed by atoms with van der Waals surface area (Å²) in [5, 5.41) is 14.6. The lowest BCUT2D eigenvalue weighted by atomic mass is 9.78. The summed E-state index contributed by atoms with van der Waals surface area (Å²) in [7, 11) is 5.47. The number of para-hydroxylation sites is 1. The van der Waals surface area contributed by atoms with E-state index in [4.69, 9.17) is 28.4 Å². The number of nitrogens with one attached hydrogen (secondary N) is 1. The Morgan fingerprint density at radius 2 is 1.83 bits per heavy atom. The van der Waals surface area contributed by atoms with Crippen LogP contribution in [0.5, 0.6) is 0 Å². The Balaban J connectivity index is 1.73. The lowest BCUT2D eigenvalue weighted by Crippen LogP contribution is -2.60. The summed E-state index contributed by atoms with van der Waals surface area (Å²) in [6.45, 7) is 13.4. The molecule has 2 bridgehead atoms. The summed E-state index contributed by atoms with van der Waals surface area (Å²) in [5.41, 5.74) is -0.0970. The van der Waals surface area contributed by atoms with E-state index in [1.54, 1.807) is 26.2 Å². The molecule has 0 spiro atoms. The van der Waals surface area contributed by atoms with Gasteiger partial charge in [0.2, 0.25) is 0 Å². The van der Waals surface area contributed by atoms with Gasteiger partial charge in [-0.1, -0.05) is 32.0 Å². The van der Waals surface area contributed by atoms with Crippen molar-refractivity contribution in [3.05, 3.63) is 41.7 Å². The molecule has 1 aromatic carbocycles. The molecule has 47 heavy (non-hydrogen) atoms. The van der Waals surface area contributed by atoms with Crippen molar-refractivity contribution >= 4 is 17.7 Å². The summed E-state index contributed by atoms with van der Waals surface area (Å²) in [6, 6.07) is 8.84. The van der Waals surface area contributed by atoms with Crippen LogP contribution in [-0.4, -0.2) is 97.3 Å². The van der Waals surface area contributed by atoms with Gasteiger partial charge in [0.25, 0.3) is 0 Å². The number of fused-ring (bicyclic) bond motifs is 2. The van der Waals surface area contributed by atoms with Crippen molar-refractivity contribution in [1.82, 2.24) is 4.90 Å². The summed E-state index contributed by atoms with van der Waals surface area (Å²) in [6.07, 6.45) is -2.11. The zero-order valence-electron chi connectivity index (χ0n) is 29.8. The van der Waals surface area contributed by atoms with Crippen LogP contribution in [0.15, 0.2) is 41.7 Å². The van der Waals surface area contributed by atoms with Gasteiger partial charge in [0.15, 0.2) is 12.4 Å². The standard InChI is InChI=1S/C36H56N2O9/c1-11-28-35(6)18-17-27(47-35)21(2)20-36(7,42-10)31(23(4)29(39)24(5)32(40)44-28)46-33-30(26(38(8)9)19-22(3)43-33)45-34(41)37-25-15-13-12-14-16-25/h12-16,22-24,26,28-31,33,39H,11,17-20H2,1-10H3,(H,37,41)/b27-21-/t22-,23+,24-,26+,28-,29+,30+,31-,33?,35+,36-/m1/s1. The summed E-state index contributed by atoms with van der Waals surface area (Å²) < 4.78 is 38.2. The molecule has 2 saturated heterocycles. The fraction of sp³-hybridized carbons (Fsp3) is 0.722. The number of aliphatic hydroxyl groups excluding tert-OH is 1. The van der Waals surface area contributed by atoms with E-state index in [1.807, 2.05) is 78.7 Å². The Morgan fingerprint density at radius 3 is 2.45 bits per heavy atom. The van der Waals surface area contributed by atoms with Gasteiger partial charge in [-0.25, -0.2) is 4.79 Å². The molecule has 11 atom stereocenters. The third-order valence-corrected chi connectivity index (χ3v) is 10.4. The first-order chi connectivity index (χ1) is 22.1. The first-order valence-corrected chi connectivity index (χ1v) is 16.9. The SMILES string of the molecule is CC[C@H]1OC(=O)[C@H](C)[C@@H](O)[C@H](C)[C@@H](OC2O[C@H](C)C[C@H](N(C)C)[C@@H]2OC(=O)Nc2ccccc2)[C@](C)(OC)C/C(C)=C2/CC[C@]1(C)O2. The van der Waals surface area contributed by atoms with Crippen molar-refractivity contribution in [2.45, 2.75) is 135 Å². The average Bonchev–Trinajstić information content (AvgIpc) is 3.45. The third-order valence-electron chi connectivity index (χ3n) is 10.4. The number of rotatable bonds is 7. The number of aliphatic hydroxyl groups is 1. The number of hydrogen-bond acceptors (Lipinski definition) is 10. The van der Waals surface area contributed by atoms with E-state index in [1.165, 1.54) is 0 Å². The smallest absolute Gasteiger partial charge is 0.412 e. The Kier molecular flexibility index (Phi) is 12.0. The molecule has 11 heteroatoms. The summed E-state index contributed by atoms with van der Waals surface area (Å²) >= 11 is 0. The van der Waals surface area contributed by atoms with Gasteiger partial charge in [-0.2, -0.15) is 0 Å². The van der Waals surface area contributed by atoms with Gasteiger partial charge in [-0.05, 0) is 85.7 Å².